The van der Waals surface area contributed by atoms with Crippen LogP contribution in [-0.2, 0) is 6.54 Å². The molecule has 3 heterocycles. The zero-order chi connectivity index (χ0) is 22.6. The molecular formula is C23H24N8OS. The summed E-state index contributed by atoms with van der Waals surface area (Å²) in [6, 6.07) is 18.1. The molecule has 2 aromatic heterocycles. The van der Waals surface area contributed by atoms with Gasteiger partial charge in [0.1, 0.15) is 5.69 Å². The fourth-order valence-electron chi connectivity index (χ4n) is 3.77. The van der Waals surface area contributed by atoms with Gasteiger partial charge in [0.2, 0.25) is 11.9 Å². The quantitative estimate of drug-likeness (QED) is 0.312. The number of nitrogens with one attached hydrogen (secondary N) is 2. The molecule has 0 atom stereocenters. The van der Waals surface area contributed by atoms with E-state index in [0.717, 1.165) is 48.9 Å². The molecule has 1 saturated heterocycles. The number of H-pyrrole nitrogens is 1. The maximum absolute atomic E-state index is 12.6. The van der Waals surface area contributed by atoms with E-state index in [1.54, 1.807) is 5.38 Å². The summed E-state index contributed by atoms with van der Waals surface area (Å²) in [6.07, 6.45) is 0. The van der Waals surface area contributed by atoms with Gasteiger partial charge in [0.05, 0.1) is 11.0 Å². The van der Waals surface area contributed by atoms with Crippen LogP contribution in [0.15, 0.2) is 65.0 Å². The number of nitrogens with two attached hydrogens (primary N) is 1. The third-order valence-electron chi connectivity index (χ3n) is 5.46. The van der Waals surface area contributed by atoms with Gasteiger partial charge in [0.25, 0.3) is 5.91 Å². The molecule has 0 saturated carbocycles. The van der Waals surface area contributed by atoms with Gasteiger partial charge in [-0.1, -0.05) is 42.5 Å². The minimum atomic E-state index is -0.391. The minimum Gasteiger partial charge on any atom is -0.369 e. The molecule has 4 N–H and O–H groups in total. The molecule has 33 heavy (non-hydrogen) atoms. The van der Waals surface area contributed by atoms with Crippen molar-refractivity contribution in [3.63, 3.8) is 0 Å². The molecule has 9 nitrogen and oxygen atoms in total. The standard InChI is InChI=1S/C23H24N8OS/c24-21(29-22-25-17-8-4-5-9-18(17)26-22)28-20(32)19-15-33-23(27-19)31-12-10-30(11-13-31)14-16-6-2-1-3-7-16/h1-9,15H,10-14H2,(H4,24,25,26,28,29,32). The van der Waals surface area contributed by atoms with Crippen LogP contribution in [0.25, 0.3) is 11.0 Å². The smallest absolute Gasteiger partial charge is 0.277 e. The van der Waals surface area contributed by atoms with Crippen molar-refractivity contribution in [1.82, 2.24) is 25.2 Å². The number of thiazole rings is 1. The Morgan fingerprint density at radius 3 is 2.61 bits per heavy atom. The fraction of sp³-hybridized carbons (Fsp3) is 0.217. The van der Waals surface area contributed by atoms with E-state index in [2.05, 4.69) is 59.3 Å². The molecule has 2 aromatic carbocycles. The maximum Gasteiger partial charge on any atom is 0.277 e. The van der Waals surface area contributed by atoms with E-state index < -0.39 is 5.91 Å². The van der Waals surface area contributed by atoms with Crippen molar-refractivity contribution < 1.29 is 4.79 Å². The normalized spacial score (nSPS) is 15.2. The lowest BCUT2D eigenvalue weighted by Gasteiger charge is -2.34. The summed E-state index contributed by atoms with van der Waals surface area (Å²) in [7, 11) is 0. The van der Waals surface area contributed by atoms with Crippen molar-refractivity contribution >= 4 is 45.3 Å². The Kier molecular flexibility index (Phi) is 6.01. The van der Waals surface area contributed by atoms with Crippen molar-refractivity contribution in [2.75, 3.05) is 31.1 Å². The lowest BCUT2D eigenvalue weighted by atomic mass is 10.2. The molecule has 4 aromatic rings. The molecule has 5 rings (SSSR count). The first-order valence-corrected chi connectivity index (χ1v) is 11.6. The number of aromatic amines is 1. The highest BCUT2D eigenvalue weighted by Gasteiger charge is 2.21. The van der Waals surface area contributed by atoms with Gasteiger partial charge in [-0.3, -0.25) is 15.0 Å². The lowest BCUT2D eigenvalue weighted by Crippen LogP contribution is -2.46. The summed E-state index contributed by atoms with van der Waals surface area (Å²) in [5.74, 6) is -0.0953. The lowest BCUT2D eigenvalue weighted by molar-refractivity contribution is 0.0972. The van der Waals surface area contributed by atoms with Gasteiger partial charge in [-0.05, 0) is 17.7 Å². The van der Waals surface area contributed by atoms with E-state index >= 15 is 0 Å². The highest BCUT2D eigenvalue weighted by Crippen LogP contribution is 2.22. The predicted octanol–water partition coefficient (Wildman–Crippen LogP) is 2.72. The zero-order valence-corrected chi connectivity index (χ0v) is 18.8. The van der Waals surface area contributed by atoms with E-state index in [1.807, 2.05) is 30.3 Å². The Morgan fingerprint density at radius 2 is 1.82 bits per heavy atom. The Morgan fingerprint density at radius 1 is 1.06 bits per heavy atom. The van der Waals surface area contributed by atoms with Crippen molar-refractivity contribution in [3.8, 4) is 0 Å². The number of imidazole rings is 1. The van der Waals surface area contributed by atoms with E-state index in [-0.39, 0.29) is 5.96 Å². The van der Waals surface area contributed by atoms with Crippen molar-refractivity contribution in [1.29, 1.82) is 0 Å². The number of benzene rings is 2. The molecule has 1 aliphatic rings. The number of guanidine groups is 1. The predicted molar refractivity (Wildman–Crippen MR) is 131 cm³/mol. The minimum absolute atomic E-state index is 0.0388. The molecule has 1 aliphatic heterocycles. The van der Waals surface area contributed by atoms with E-state index in [4.69, 9.17) is 5.73 Å². The molecule has 168 valence electrons. The van der Waals surface area contributed by atoms with Crippen LogP contribution in [0.4, 0.5) is 11.1 Å². The van der Waals surface area contributed by atoms with E-state index in [1.165, 1.54) is 16.9 Å². The van der Waals surface area contributed by atoms with Crippen LogP contribution >= 0.6 is 11.3 Å². The van der Waals surface area contributed by atoms with Crippen LogP contribution in [-0.4, -0.2) is 57.9 Å². The number of amides is 1. The van der Waals surface area contributed by atoms with Gasteiger partial charge < -0.3 is 15.6 Å². The highest BCUT2D eigenvalue weighted by molar-refractivity contribution is 7.13. The first-order chi connectivity index (χ1) is 16.1. The number of nitrogens with zero attached hydrogens (tertiary/aromatic N) is 5. The SMILES string of the molecule is NC(=Nc1nc2ccccc2[nH]1)NC(=O)c1csc(N2CCN(Cc3ccccc3)CC2)n1. The van der Waals surface area contributed by atoms with Crippen LogP contribution < -0.4 is 16.0 Å². The van der Waals surface area contributed by atoms with Crippen molar-refractivity contribution in [3.05, 3.63) is 71.2 Å². The number of hydrogen-bond acceptors (Lipinski definition) is 7. The maximum atomic E-state index is 12.6. The topological polar surface area (TPSA) is 116 Å². The number of carbonyl (C=O) groups is 1. The van der Waals surface area contributed by atoms with E-state index in [0.29, 0.717) is 11.6 Å². The Bertz CT molecular complexity index is 1240. The number of hydrogen-bond donors (Lipinski definition) is 3. The molecule has 1 fully saturated rings. The van der Waals surface area contributed by atoms with Crippen LogP contribution in [0.2, 0.25) is 0 Å². The molecule has 0 aliphatic carbocycles. The van der Waals surface area contributed by atoms with Gasteiger partial charge in [0, 0.05) is 38.1 Å². The zero-order valence-electron chi connectivity index (χ0n) is 17.9. The van der Waals surface area contributed by atoms with Gasteiger partial charge in [0.15, 0.2) is 5.13 Å². The number of carbonyl (C=O) groups excluding carboxylic acids is 1. The van der Waals surface area contributed by atoms with E-state index in [9.17, 15) is 4.79 Å². The van der Waals surface area contributed by atoms with Crippen LogP contribution in [0.3, 0.4) is 0 Å². The molecule has 0 spiro atoms. The average Bonchev–Trinajstić information content (AvgIpc) is 3.47. The largest absolute Gasteiger partial charge is 0.369 e. The number of fused-ring (bicyclic) bond motifs is 1. The number of rotatable bonds is 5. The Labute approximate surface area is 195 Å². The second-order valence-corrected chi connectivity index (χ2v) is 8.63. The first kappa shape index (κ1) is 21.1. The summed E-state index contributed by atoms with van der Waals surface area (Å²) in [4.78, 5) is 33.3. The molecule has 1 amide bonds. The summed E-state index contributed by atoms with van der Waals surface area (Å²) < 4.78 is 0. The summed E-state index contributed by atoms with van der Waals surface area (Å²) in [6.45, 7) is 4.60. The number of aliphatic imine (C=N–C) groups is 1. The molecule has 0 radical (unpaired) electrons. The monoisotopic (exact) mass is 460 g/mol. The molecule has 0 bridgehead atoms. The number of anilines is 1. The van der Waals surface area contributed by atoms with Crippen LogP contribution in [0.1, 0.15) is 16.1 Å². The average molecular weight is 461 g/mol. The van der Waals surface area contributed by atoms with Crippen LogP contribution in [0, 0.1) is 0 Å². The third kappa shape index (κ3) is 5.02. The fourth-order valence-corrected chi connectivity index (χ4v) is 4.63. The van der Waals surface area contributed by atoms with Crippen LogP contribution in [0.5, 0.6) is 0 Å². The summed E-state index contributed by atoms with van der Waals surface area (Å²) in [5, 5.41) is 5.17. The highest BCUT2D eigenvalue weighted by atomic mass is 32.1. The number of aromatic nitrogens is 3. The van der Waals surface area contributed by atoms with Gasteiger partial charge in [-0.25, -0.2) is 9.97 Å². The Hall–Kier alpha value is -3.76. The second-order valence-electron chi connectivity index (χ2n) is 7.79. The molecule has 10 heteroatoms. The van der Waals surface area contributed by atoms with Gasteiger partial charge in [-0.2, -0.15) is 4.99 Å². The molecular weight excluding hydrogens is 436 g/mol. The first-order valence-electron chi connectivity index (χ1n) is 10.7. The summed E-state index contributed by atoms with van der Waals surface area (Å²) >= 11 is 1.46. The number of piperazine rings is 1. The van der Waals surface area contributed by atoms with Crippen molar-refractivity contribution in [2.45, 2.75) is 6.54 Å². The summed E-state index contributed by atoms with van der Waals surface area (Å²) in [5.41, 5.74) is 9.19. The van der Waals surface area contributed by atoms with Gasteiger partial charge >= 0.3 is 0 Å². The van der Waals surface area contributed by atoms with Gasteiger partial charge in [-0.15, -0.1) is 11.3 Å². The third-order valence-corrected chi connectivity index (χ3v) is 6.36. The van der Waals surface area contributed by atoms with Crippen molar-refractivity contribution in [2.24, 2.45) is 10.7 Å². The number of para-hydroxylation sites is 2. The second kappa shape index (κ2) is 9.39. The molecule has 0 unspecified atom stereocenters. The Balaban J connectivity index is 1.17.